The minimum Gasteiger partial charge on any atom is -0.340 e. The lowest BCUT2D eigenvalue weighted by molar-refractivity contribution is -0.130. The van der Waals surface area contributed by atoms with Crippen molar-refractivity contribution in [3.63, 3.8) is 0 Å². The highest BCUT2D eigenvalue weighted by molar-refractivity contribution is 6.31. The van der Waals surface area contributed by atoms with E-state index in [4.69, 9.17) is 11.6 Å². The molecule has 0 bridgehead atoms. The van der Waals surface area contributed by atoms with Gasteiger partial charge in [-0.3, -0.25) is 24.0 Å². The summed E-state index contributed by atoms with van der Waals surface area (Å²) in [6, 6.07) is 6.87. The summed E-state index contributed by atoms with van der Waals surface area (Å²) in [7, 11) is 3.53. The molecule has 28 heavy (non-hydrogen) atoms. The number of unbranched alkanes of at least 4 members (excludes halogenated alkanes) is 2. The molecule has 0 saturated heterocycles. The summed E-state index contributed by atoms with van der Waals surface area (Å²) in [5, 5.41) is 4.61. The smallest absolute Gasteiger partial charge is 0.261 e. The number of hydrogen-bond donors (Lipinski definition) is 0. The summed E-state index contributed by atoms with van der Waals surface area (Å²) in [5.74, 6) is -0.438. The third-order valence-electron chi connectivity index (χ3n) is 4.97. The Bertz CT molecular complexity index is 854. The van der Waals surface area contributed by atoms with Crippen molar-refractivity contribution in [2.45, 2.75) is 32.2 Å². The maximum absolute atomic E-state index is 12.3. The molecule has 0 saturated carbocycles. The van der Waals surface area contributed by atoms with Crippen LogP contribution in [0.4, 0.5) is 0 Å². The van der Waals surface area contributed by atoms with Gasteiger partial charge in [0, 0.05) is 27.1 Å². The van der Waals surface area contributed by atoms with Gasteiger partial charge in [0.2, 0.25) is 5.91 Å². The van der Waals surface area contributed by atoms with Crippen molar-refractivity contribution in [3.8, 4) is 0 Å². The molecule has 1 aromatic heterocycles. The zero-order chi connectivity index (χ0) is 20.3. The molecule has 0 radical (unpaired) electrons. The second-order valence-electron chi connectivity index (χ2n) is 6.93. The fourth-order valence-corrected chi connectivity index (χ4v) is 3.51. The van der Waals surface area contributed by atoms with Gasteiger partial charge in [-0.1, -0.05) is 30.2 Å². The van der Waals surface area contributed by atoms with E-state index in [2.05, 4.69) is 5.10 Å². The zero-order valence-electron chi connectivity index (χ0n) is 16.0. The summed E-state index contributed by atoms with van der Waals surface area (Å²) in [6.45, 7) is 0.782. The Kier molecular flexibility index (Phi) is 6.14. The van der Waals surface area contributed by atoms with Gasteiger partial charge in [-0.25, -0.2) is 0 Å². The Labute approximate surface area is 168 Å². The second kappa shape index (κ2) is 8.56. The minimum absolute atomic E-state index is 0.0259. The van der Waals surface area contributed by atoms with E-state index >= 15 is 0 Å². The van der Waals surface area contributed by atoms with Crippen LogP contribution in [0.25, 0.3) is 0 Å². The number of imide groups is 1. The van der Waals surface area contributed by atoms with Gasteiger partial charge in [-0.2, -0.15) is 5.10 Å². The van der Waals surface area contributed by atoms with Crippen molar-refractivity contribution < 1.29 is 14.4 Å². The number of carbonyl (C=O) groups excluding carboxylic acids is 3. The van der Waals surface area contributed by atoms with Crippen LogP contribution < -0.4 is 0 Å². The molecule has 2 heterocycles. The average Bonchev–Trinajstić information content (AvgIpc) is 3.13. The third kappa shape index (κ3) is 4.09. The molecule has 0 N–H and O–H groups in total. The van der Waals surface area contributed by atoms with E-state index in [0.29, 0.717) is 48.5 Å². The maximum Gasteiger partial charge on any atom is 0.261 e. The molecule has 0 spiro atoms. The number of benzene rings is 1. The first kappa shape index (κ1) is 20.1. The third-order valence-corrected chi connectivity index (χ3v) is 5.29. The number of hydrogen-bond acceptors (Lipinski definition) is 4. The van der Waals surface area contributed by atoms with E-state index in [1.54, 1.807) is 54.1 Å². The van der Waals surface area contributed by atoms with Crippen LogP contribution >= 0.6 is 11.6 Å². The van der Waals surface area contributed by atoms with Crippen molar-refractivity contribution in [2.75, 3.05) is 13.6 Å². The van der Waals surface area contributed by atoms with E-state index in [1.807, 2.05) is 0 Å². The van der Waals surface area contributed by atoms with Crippen LogP contribution in [0.5, 0.6) is 0 Å². The first-order valence-corrected chi connectivity index (χ1v) is 9.63. The predicted octanol–water partition coefficient (Wildman–Crippen LogP) is 2.89. The van der Waals surface area contributed by atoms with Crippen molar-refractivity contribution >= 4 is 29.3 Å². The molecule has 1 aliphatic rings. The van der Waals surface area contributed by atoms with Crippen molar-refractivity contribution in [1.29, 1.82) is 0 Å². The Hall–Kier alpha value is -2.67. The van der Waals surface area contributed by atoms with Gasteiger partial charge in [0.15, 0.2) is 0 Å². The number of rotatable bonds is 8. The van der Waals surface area contributed by atoms with E-state index in [9.17, 15) is 14.4 Å². The summed E-state index contributed by atoms with van der Waals surface area (Å²) in [6.07, 6.45) is 4.11. The number of fused-ring (bicyclic) bond motifs is 1. The van der Waals surface area contributed by atoms with E-state index in [-0.39, 0.29) is 17.7 Å². The Morgan fingerprint density at radius 1 is 1.11 bits per heavy atom. The number of aryl methyl sites for hydroxylation is 1. The first-order chi connectivity index (χ1) is 13.4. The highest BCUT2D eigenvalue weighted by Gasteiger charge is 2.34. The number of halogens is 1. The molecule has 148 valence electrons. The zero-order valence-corrected chi connectivity index (χ0v) is 16.8. The molecule has 0 fully saturated rings. The standard InChI is InChI=1S/C20H23ClN4O3/c1-23(13-17-16(21)12-22-24(17)2)18(26)10-4-3-7-11-25-19(27)14-8-5-6-9-15(14)20(25)28/h5-6,8-9,12H,3-4,7,10-11,13H2,1-2H3. The van der Waals surface area contributed by atoms with Crippen LogP contribution in [0.15, 0.2) is 30.5 Å². The average molecular weight is 403 g/mol. The van der Waals surface area contributed by atoms with E-state index in [0.717, 1.165) is 12.1 Å². The summed E-state index contributed by atoms with van der Waals surface area (Å²) in [4.78, 5) is 39.8. The normalized spacial score (nSPS) is 13.2. The molecular formula is C20H23ClN4O3. The van der Waals surface area contributed by atoms with Crippen molar-refractivity contribution in [1.82, 2.24) is 19.6 Å². The fraction of sp³-hybridized carbons (Fsp3) is 0.400. The number of aromatic nitrogens is 2. The largest absolute Gasteiger partial charge is 0.340 e. The highest BCUT2D eigenvalue weighted by Crippen LogP contribution is 2.23. The van der Waals surface area contributed by atoms with Gasteiger partial charge in [0.1, 0.15) is 0 Å². The number of carbonyl (C=O) groups is 3. The summed E-state index contributed by atoms with van der Waals surface area (Å²) >= 11 is 6.08. The molecule has 2 aromatic rings. The molecule has 0 aliphatic carbocycles. The maximum atomic E-state index is 12.3. The monoisotopic (exact) mass is 402 g/mol. The van der Waals surface area contributed by atoms with Crippen molar-refractivity contribution in [3.05, 3.63) is 52.3 Å². The van der Waals surface area contributed by atoms with Gasteiger partial charge >= 0.3 is 0 Å². The van der Waals surface area contributed by atoms with Gasteiger partial charge in [-0.15, -0.1) is 0 Å². The summed E-state index contributed by atoms with van der Waals surface area (Å²) in [5.41, 5.74) is 1.74. The molecule has 1 aromatic carbocycles. The Morgan fingerprint density at radius 2 is 1.75 bits per heavy atom. The molecule has 1 aliphatic heterocycles. The van der Waals surface area contributed by atoms with Crippen LogP contribution in [0, 0.1) is 0 Å². The quantitative estimate of drug-likeness (QED) is 0.502. The number of amides is 3. The molecule has 0 atom stereocenters. The Morgan fingerprint density at radius 3 is 2.32 bits per heavy atom. The van der Waals surface area contributed by atoms with Crippen LogP contribution in [-0.2, 0) is 18.4 Å². The van der Waals surface area contributed by atoms with Crippen LogP contribution in [0.1, 0.15) is 52.1 Å². The van der Waals surface area contributed by atoms with Gasteiger partial charge < -0.3 is 4.90 Å². The molecule has 3 amide bonds. The minimum atomic E-state index is -0.232. The van der Waals surface area contributed by atoms with Gasteiger partial charge in [0.05, 0.1) is 34.6 Å². The Balaban J connectivity index is 1.40. The molecule has 8 heteroatoms. The lowest BCUT2D eigenvalue weighted by atomic mass is 10.1. The topological polar surface area (TPSA) is 75.5 Å². The summed E-state index contributed by atoms with van der Waals surface area (Å²) < 4.78 is 1.66. The van der Waals surface area contributed by atoms with Gasteiger partial charge in [-0.05, 0) is 25.0 Å². The lowest BCUT2D eigenvalue weighted by Gasteiger charge is -2.18. The number of nitrogens with zero attached hydrogens (tertiary/aromatic N) is 4. The van der Waals surface area contributed by atoms with Crippen LogP contribution in [-0.4, -0.2) is 50.9 Å². The molecule has 7 nitrogen and oxygen atoms in total. The van der Waals surface area contributed by atoms with Crippen molar-refractivity contribution in [2.24, 2.45) is 7.05 Å². The first-order valence-electron chi connectivity index (χ1n) is 9.25. The lowest BCUT2D eigenvalue weighted by Crippen LogP contribution is -2.30. The van der Waals surface area contributed by atoms with E-state index < -0.39 is 0 Å². The SMILES string of the molecule is CN(Cc1c(Cl)cnn1C)C(=O)CCCCCN1C(=O)c2ccccc2C1=O. The molecular weight excluding hydrogens is 380 g/mol. The fourth-order valence-electron chi connectivity index (χ4n) is 3.28. The van der Waals surface area contributed by atoms with Crippen LogP contribution in [0.2, 0.25) is 5.02 Å². The van der Waals surface area contributed by atoms with E-state index in [1.165, 1.54) is 4.90 Å². The predicted molar refractivity (Wildman–Crippen MR) is 105 cm³/mol. The highest BCUT2D eigenvalue weighted by atomic mass is 35.5. The molecule has 0 unspecified atom stereocenters. The van der Waals surface area contributed by atoms with Gasteiger partial charge in [0.25, 0.3) is 11.8 Å². The second-order valence-corrected chi connectivity index (χ2v) is 7.34. The molecule has 3 rings (SSSR count). The van der Waals surface area contributed by atoms with Crippen LogP contribution in [0.3, 0.4) is 0 Å².